The van der Waals surface area contributed by atoms with Crippen LogP contribution in [0.5, 0.6) is 0 Å². The van der Waals surface area contributed by atoms with Crippen LogP contribution in [0.25, 0.3) is 0 Å². The Bertz CT molecular complexity index is 370. The minimum absolute atomic E-state index is 0.143. The summed E-state index contributed by atoms with van der Waals surface area (Å²) in [6, 6.07) is 8.52. The van der Waals surface area contributed by atoms with E-state index in [4.69, 9.17) is 5.11 Å². The zero-order chi connectivity index (χ0) is 12.8. The molecule has 0 bridgehead atoms. The summed E-state index contributed by atoms with van der Waals surface area (Å²) in [7, 11) is 4.08. The maximum absolute atomic E-state index is 8.96. The number of nitrogens with zero attached hydrogens (tertiary/aromatic N) is 1. The number of hydrogen-bond donors (Lipinski definition) is 1. The Kier molecular flexibility index (Phi) is 5.59. The van der Waals surface area contributed by atoms with Crippen molar-refractivity contribution < 1.29 is 5.11 Å². The molecule has 1 N–H and O–H groups in total. The lowest BCUT2D eigenvalue weighted by atomic mass is 10.3. The number of aliphatic hydroxyl groups is 1. The zero-order valence-electron chi connectivity index (χ0n) is 11.0. The van der Waals surface area contributed by atoms with Gasteiger partial charge in [-0.05, 0) is 38.1 Å². The lowest BCUT2D eigenvalue weighted by Gasteiger charge is -2.13. The van der Waals surface area contributed by atoms with Crippen LogP contribution in [0.2, 0.25) is 0 Å². The highest BCUT2D eigenvalue weighted by Crippen LogP contribution is 2.26. The van der Waals surface area contributed by atoms with Crippen LogP contribution in [0.15, 0.2) is 40.8 Å². The van der Waals surface area contributed by atoms with Crippen molar-refractivity contribution in [1.82, 2.24) is 0 Å². The second-order valence-electron chi connectivity index (χ2n) is 4.38. The van der Waals surface area contributed by atoms with E-state index in [0.717, 1.165) is 5.57 Å². The normalized spacial score (nSPS) is 13.6. The number of hydrogen-bond acceptors (Lipinski definition) is 3. The van der Waals surface area contributed by atoms with Gasteiger partial charge in [0, 0.05) is 29.9 Å². The van der Waals surface area contributed by atoms with Gasteiger partial charge >= 0.3 is 0 Å². The monoisotopic (exact) mass is 251 g/mol. The molecule has 94 valence electrons. The number of aliphatic hydroxyl groups excluding tert-OH is 1. The third kappa shape index (κ3) is 4.84. The van der Waals surface area contributed by atoms with Gasteiger partial charge in [0.15, 0.2) is 0 Å². The molecule has 0 heterocycles. The van der Waals surface area contributed by atoms with Gasteiger partial charge in [-0.2, -0.15) is 0 Å². The highest BCUT2D eigenvalue weighted by Gasteiger charge is 2.02. The molecule has 0 aliphatic heterocycles. The van der Waals surface area contributed by atoms with E-state index in [1.165, 1.54) is 10.6 Å². The van der Waals surface area contributed by atoms with Gasteiger partial charge in [0.05, 0.1) is 6.61 Å². The second-order valence-corrected chi connectivity index (χ2v) is 5.83. The molecule has 17 heavy (non-hydrogen) atoms. The predicted molar refractivity (Wildman–Crippen MR) is 76.9 cm³/mol. The van der Waals surface area contributed by atoms with E-state index >= 15 is 0 Å². The first-order valence-electron chi connectivity index (χ1n) is 5.75. The molecule has 1 atom stereocenters. The van der Waals surface area contributed by atoms with Gasteiger partial charge in [-0.25, -0.2) is 0 Å². The van der Waals surface area contributed by atoms with E-state index in [2.05, 4.69) is 42.2 Å². The fraction of sp³-hybridized carbons (Fsp3) is 0.429. The first-order chi connectivity index (χ1) is 8.02. The molecule has 0 aromatic heterocycles. The molecule has 1 aromatic rings. The standard InChI is InChI=1S/C14H21NOS/c1-11(10-16)9-12(2)17-14-7-5-13(6-8-14)15(3)4/h5-9,12,16H,10H2,1-4H3/b11-9+/t12-/m0/s1. The summed E-state index contributed by atoms with van der Waals surface area (Å²) in [5, 5.41) is 9.35. The number of benzene rings is 1. The van der Waals surface area contributed by atoms with E-state index in [1.807, 2.05) is 21.0 Å². The molecule has 0 radical (unpaired) electrons. The molecule has 0 saturated carbocycles. The fourth-order valence-electron chi connectivity index (χ4n) is 1.52. The van der Waals surface area contributed by atoms with E-state index in [-0.39, 0.29) is 6.61 Å². The van der Waals surface area contributed by atoms with E-state index in [0.29, 0.717) is 5.25 Å². The van der Waals surface area contributed by atoms with Crippen molar-refractivity contribution >= 4 is 17.4 Å². The third-order valence-corrected chi connectivity index (χ3v) is 3.50. The Morgan fingerprint density at radius 2 is 1.94 bits per heavy atom. The van der Waals surface area contributed by atoms with Crippen molar-refractivity contribution in [3.05, 3.63) is 35.9 Å². The Hall–Kier alpha value is -0.930. The van der Waals surface area contributed by atoms with Crippen LogP contribution in [0.1, 0.15) is 13.8 Å². The lowest BCUT2D eigenvalue weighted by Crippen LogP contribution is -2.07. The fourth-order valence-corrected chi connectivity index (χ4v) is 2.55. The van der Waals surface area contributed by atoms with Crippen LogP contribution in [-0.2, 0) is 0 Å². The highest BCUT2D eigenvalue weighted by molar-refractivity contribution is 8.00. The highest BCUT2D eigenvalue weighted by atomic mass is 32.2. The Morgan fingerprint density at radius 3 is 2.41 bits per heavy atom. The van der Waals surface area contributed by atoms with Crippen LogP contribution in [0.4, 0.5) is 5.69 Å². The molecule has 0 spiro atoms. The molecule has 3 heteroatoms. The average molecular weight is 251 g/mol. The predicted octanol–water partition coefficient (Wildman–Crippen LogP) is 3.17. The van der Waals surface area contributed by atoms with Gasteiger partial charge in [0.2, 0.25) is 0 Å². The summed E-state index contributed by atoms with van der Waals surface area (Å²) in [6.07, 6.45) is 2.10. The minimum Gasteiger partial charge on any atom is -0.392 e. The summed E-state index contributed by atoms with van der Waals surface area (Å²) in [5.74, 6) is 0. The average Bonchev–Trinajstić information content (AvgIpc) is 2.29. The van der Waals surface area contributed by atoms with Crippen molar-refractivity contribution in [3.8, 4) is 0 Å². The molecule has 0 saturated heterocycles. The molecule has 1 rings (SSSR count). The smallest absolute Gasteiger partial charge is 0.0639 e. The Balaban J connectivity index is 2.63. The van der Waals surface area contributed by atoms with Crippen molar-refractivity contribution in [3.63, 3.8) is 0 Å². The molecule has 0 fully saturated rings. The Morgan fingerprint density at radius 1 is 1.35 bits per heavy atom. The summed E-state index contributed by atoms with van der Waals surface area (Å²) in [5.41, 5.74) is 2.24. The molecule has 2 nitrogen and oxygen atoms in total. The minimum atomic E-state index is 0.143. The summed E-state index contributed by atoms with van der Waals surface area (Å²) in [4.78, 5) is 3.35. The first-order valence-corrected chi connectivity index (χ1v) is 6.63. The number of rotatable bonds is 5. The molecule has 0 aliphatic rings. The van der Waals surface area contributed by atoms with E-state index < -0.39 is 0 Å². The van der Waals surface area contributed by atoms with Crippen molar-refractivity contribution in [2.45, 2.75) is 24.0 Å². The molecule has 0 unspecified atom stereocenters. The SMILES string of the molecule is C/C(=C\[C@H](C)Sc1ccc(N(C)C)cc1)CO. The van der Waals surface area contributed by atoms with Gasteiger partial charge in [-0.1, -0.05) is 11.6 Å². The van der Waals surface area contributed by atoms with Crippen LogP contribution >= 0.6 is 11.8 Å². The number of thioether (sulfide) groups is 1. The summed E-state index contributed by atoms with van der Waals surface area (Å²) >= 11 is 1.80. The van der Waals surface area contributed by atoms with E-state index in [9.17, 15) is 0 Å². The molecular formula is C14H21NOS. The second kappa shape index (κ2) is 6.72. The van der Waals surface area contributed by atoms with Gasteiger partial charge in [-0.15, -0.1) is 11.8 Å². The zero-order valence-corrected chi connectivity index (χ0v) is 11.8. The van der Waals surface area contributed by atoms with Gasteiger partial charge < -0.3 is 10.0 Å². The van der Waals surface area contributed by atoms with Crippen LogP contribution in [0.3, 0.4) is 0 Å². The largest absolute Gasteiger partial charge is 0.392 e. The van der Waals surface area contributed by atoms with Crippen LogP contribution < -0.4 is 4.90 Å². The van der Waals surface area contributed by atoms with Crippen LogP contribution in [-0.4, -0.2) is 31.1 Å². The number of anilines is 1. The third-order valence-electron chi connectivity index (χ3n) is 2.44. The molecule has 0 aliphatic carbocycles. The summed E-state index contributed by atoms with van der Waals surface area (Å²) in [6.45, 7) is 4.24. The van der Waals surface area contributed by atoms with Crippen molar-refractivity contribution in [2.24, 2.45) is 0 Å². The Labute approximate surface area is 108 Å². The topological polar surface area (TPSA) is 23.5 Å². The van der Waals surface area contributed by atoms with Crippen LogP contribution in [0, 0.1) is 0 Å². The van der Waals surface area contributed by atoms with Crippen molar-refractivity contribution in [1.29, 1.82) is 0 Å². The molecule has 1 aromatic carbocycles. The lowest BCUT2D eigenvalue weighted by molar-refractivity contribution is 0.331. The van der Waals surface area contributed by atoms with Gasteiger partial charge in [-0.3, -0.25) is 0 Å². The molecular weight excluding hydrogens is 230 g/mol. The quantitative estimate of drug-likeness (QED) is 0.642. The maximum atomic E-state index is 8.96. The maximum Gasteiger partial charge on any atom is 0.0639 e. The van der Waals surface area contributed by atoms with E-state index in [1.54, 1.807) is 11.8 Å². The molecule has 0 amide bonds. The van der Waals surface area contributed by atoms with Gasteiger partial charge in [0.1, 0.15) is 0 Å². The first kappa shape index (κ1) is 14.1. The summed E-state index contributed by atoms with van der Waals surface area (Å²) < 4.78 is 0. The van der Waals surface area contributed by atoms with Crippen molar-refractivity contribution in [2.75, 3.05) is 25.6 Å². The van der Waals surface area contributed by atoms with Gasteiger partial charge in [0.25, 0.3) is 0 Å².